The fraction of sp³-hybridized carbons (Fsp3) is 0. The molecular weight excluding hydrogens is 726 g/mol. The first kappa shape index (κ1) is 39.2. The summed E-state index contributed by atoms with van der Waals surface area (Å²) in [7, 11) is 0. The van der Waals surface area contributed by atoms with Gasteiger partial charge in [-0.25, -0.2) is 10.2 Å². The molecule has 272 valence electrons. The summed E-state index contributed by atoms with van der Waals surface area (Å²) in [5.41, 5.74) is 5.82. The number of aromatic nitrogens is 1. The van der Waals surface area contributed by atoms with E-state index in [2.05, 4.69) is 202 Å². The maximum atomic E-state index is 9.49. The predicted molar refractivity (Wildman–Crippen MR) is 147 cm³/mol. The zero-order chi connectivity index (χ0) is 35.6. The highest BCUT2D eigenvalue weighted by molar-refractivity contribution is 7.13. The van der Waals surface area contributed by atoms with Crippen molar-refractivity contribution in [1.29, 1.82) is 0 Å². The van der Waals surface area contributed by atoms with Gasteiger partial charge < -0.3 is 0 Å². The molecule has 1 N–H and O–H groups in total. The summed E-state index contributed by atoms with van der Waals surface area (Å²) in [6, 6.07) is 34.0. The van der Waals surface area contributed by atoms with Crippen molar-refractivity contribution in [3.8, 4) is 33.0 Å². The summed E-state index contributed by atoms with van der Waals surface area (Å²) in [4.78, 5) is 17.9. The van der Waals surface area contributed by atoms with E-state index in [9.17, 15) is 4.79 Å². The van der Waals surface area contributed by atoms with Gasteiger partial charge in [0.25, 0.3) is 0 Å². The van der Waals surface area contributed by atoms with Crippen LogP contribution in [-0.4, -0.2) is 16.7 Å². The Bertz CT molecular complexity index is 1660. The maximum absolute atomic E-state index is 9.49. The molecule has 24 nitrogen and oxygen atoms in total. The third kappa shape index (κ3) is 14.7. The Morgan fingerprint density at radius 3 is 1.61 bits per heavy atom. The predicted octanol–water partition coefficient (Wildman–Crippen LogP) is 5.56. The largest absolute Gasteiger partial charge is 0.334 e. The zero-order valence-corrected chi connectivity index (χ0v) is 25.5. The Balaban J connectivity index is 0.000000231. The molecule has 25 heteroatoms. The molecule has 0 radical (unpaired) electrons. The van der Waals surface area contributed by atoms with Crippen LogP contribution in [0.4, 0.5) is 0 Å². The lowest BCUT2D eigenvalue weighted by molar-refractivity contribution is -0.896. The van der Waals surface area contributed by atoms with Crippen LogP contribution >= 0.6 is 11.3 Å². The normalized spacial score (nSPS) is 10.9. The molecule has 5 aromatic rings. The summed E-state index contributed by atoms with van der Waals surface area (Å²) in [5.74, 6) is 0. The average Bonchev–Trinajstić information content (AvgIpc) is 3.68. The summed E-state index contributed by atoms with van der Waals surface area (Å²) in [6.45, 7) is -0.158. The highest BCUT2D eigenvalue weighted by atomic mass is 32.1. The van der Waals surface area contributed by atoms with Gasteiger partial charge in [-0.2, -0.15) is 0 Å². The van der Waals surface area contributed by atoms with Crippen LogP contribution in [0, 0.1) is 0 Å². The summed E-state index contributed by atoms with van der Waals surface area (Å²) < 4.78 is 0. The first-order valence-corrected chi connectivity index (χ1v) is 13.8. The molecule has 0 spiro atoms. The fourth-order valence-corrected chi connectivity index (χ4v) is 4.54. The van der Waals surface area contributed by atoms with E-state index >= 15 is 0 Å². The van der Waals surface area contributed by atoms with Crippen molar-refractivity contribution in [2.75, 3.05) is 0 Å². The lowest BCUT2D eigenvalue weighted by Crippen LogP contribution is -2.05. The van der Waals surface area contributed by atoms with Crippen LogP contribution in [0.15, 0.2) is 102 Å². The van der Waals surface area contributed by atoms with Gasteiger partial charge in [-0.15, -0.1) is 11.3 Å². The third-order valence-electron chi connectivity index (χ3n) is 5.40. The van der Waals surface area contributed by atoms with Gasteiger partial charge in [-0.05, 0) is 68.3 Å². The van der Waals surface area contributed by atoms with Crippen LogP contribution in [-0.2, 0) is 110 Å². The average molecular weight is 745 g/mol. The quantitative estimate of drug-likeness (QED) is 0.0351. The molecule has 51 heavy (non-hydrogen) atoms. The molecule has 5 rings (SSSR count). The van der Waals surface area contributed by atoms with Crippen molar-refractivity contribution in [3.05, 3.63) is 102 Å². The Labute approximate surface area is 284 Å². The van der Waals surface area contributed by atoms with E-state index in [1.807, 2.05) is 6.07 Å². The molecule has 0 saturated carbocycles. The molecule has 0 fully saturated rings. The molecule has 0 bridgehead atoms. The van der Waals surface area contributed by atoms with Gasteiger partial charge in [0.15, 0.2) is 0 Å². The van der Waals surface area contributed by atoms with Crippen LogP contribution in [0.25, 0.3) is 43.7 Å². The number of hydrogen-bond acceptors (Lipinski definition) is 25. The lowest BCUT2D eigenvalue weighted by atomic mass is 10.0. The number of carbonyl (C=O) groups excluding carboxylic acids is 1. The van der Waals surface area contributed by atoms with Crippen molar-refractivity contribution in [3.63, 3.8) is 0 Å². The number of carbonyl (C=O) groups is 1. The zero-order valence-electron chi connectivity index (χ0n) is 24.7. The first-order chi connectivity index (χ1) is 25.3. The standard InChI is InChI=1S/C25H17NS.CH2O23/c1-2-8-18(9-3-1)20-12-6-13-21(16-20)24-17-27-25(26-24)23-15-7-11-19-10-4-5-14-22(19)23;2-1-4-6-8-10-12-14-16-18-20-22-24-23-21-19-17-15-13-11-9-7-5-3/h1-17H;1,3H. The van der Waals surface area contributed by atoms with Gasteiger partial charge in [0.05, 0.1) is 5.69 Å². The minimum absolute atomic E-state index is 0.158. The van der Waals surface area contributed by atoms with Gasteiger partial charge >= 0.3 is 6.47 Å². The van der Waals surface area contributed by atoms with E-state index in [0.29, 0.717) is 0 Å². The number of nitrogens with zero attached hydrogens (tertiary/aromatic N) is 1. The summed E-state index contributed by atoms with van der Waals surface area (Å²) in [6.07, 6.45) is 0. The van der Waals surface area contributed by atoms with E-state index in [-0.39, 0.29) is 6.47 Å². The number of thiazole rings is 1. The monoisotopic (exact) mass is 745 g/mol. The minimum Gasteiger partial charge on any atom is -0.270 e. The van der Waals surface area contributed by atoms with E-state index in [0.717, 1.165) is 16.3 Å². The van der Waals surface area contributed by atoms with Crippen LogP contribution < -0.4 is 0 Å². The van der Waals surface area contributed by atoms with Crippen LogP contribution in [0.3, 0.4) is 0 Å². The van der Waals surface area contributed by atoms with Crippen molar-refractivity contribution in [2.45, 2.75) is 0 Å². The van der Waals surface area contributed by atoms with Gasteiger partial charge in [0.2, 0.25) is 0 Å². The SMILES string of the molecule is O=COOOOOOOOOOOOOOOOOOOOOO.c1ccc(-c2cccc(-c3csc(-c4cccc5ccccc45)n3)c2)cc1. The van der Waals surface area contributed by atoms with E-state index < -0.39 is 0 Å². The fourth-order valence-electron chi connectivity index (χ4n) is 3.67. The van der Waals surface area contributed by atoms with Gasteiger partial charge in [-0.3, -0.25) is 9.68 Å². The van der Waals surface area contributed by atoms with E-state index in [4.69, 9.17) is 10.2 Å². The lowest BCUT2D eigenvalue weighted by Gasteiger charge is -2.04. The second kappa shape index (κ2) is 24.5. The smallest absolute Gasteiger partial charge is 0.270 e. The number of fused-ring (bicyclic) bond motifs is 1. The maximum Gasteiger partial charge on any atom is 0.334 e. The van der Waals surface area contributed by atoms with Gasteiger partial charge in [0.1, 0.15) is 5.01 Å². The number of hydrogen-bond donors (Lipinski definition) is 1. The highest BCUT2D eigenvalue weighted by Crippen LogP contribution is 2.34. The van der Waals surface area contributed by atoms with E-state index in [1.165, 1.54) is 27.5 Å². The summed E-state index contributed by atoms with van der Waals surface area (Å²) >= 11 is 1.70. The number of rotatable bonds is 24. The molecule has 0 aliphatic carbocycles. The molecule has 0 saturated heterocycles. The second-order valence-electron chi connectivity index (χ2n) is 8.07. The van der Waals surface area contributed by atoms with E-state index in [1.54, 1.807) is 11.3 Å². The highest BCUT2D eigenvalue weighted by Gasteiger charge is 2.10. The Hall–Kier alpha value is -4.60. The van der Waals surface area contributed by atoms with Gasteiger partial charge in [-0.1, -0.05) is 91.0 Å². The molecular formula is C26H19NO23S. The summed E-state index contributed by atoms with van der Waals surface area (Å²) in [5, 5.41) is 81.4. The number of benzene rings is 4. The van der Waals surface area contributed by atoms with Crippen molar-refractivity contribution in [1.82, 2.24) is 4.98 Å². The Morgan fingerprint density at radius 2 is 1.00 bits per heavy atom. The molecule has 0 atom stereocenters. The molecule has 0 aliphatic heterocycles. The molecule has 1 aromatic heterocycles. The van der Waals surface area contributed by atoms with Crippen LogP contribution in [0.2, 0.25) is 0 Å². The minimum atomic E-state index is -0.158. The molecule has 4 aromatic carbocycles. The Kier molecular flexibility index (Phi) is 18.9. The van der Waals surface area contributed by atoms with Crippen LogP contribution in [0.5, 0.6) is 0 Å². The van der Waals surface area contributed by atoms with Crippen molar-refractivity contribution >= 4 is 28.6 Å². The molecule has 1 heterocycles. The molecule has 0 aliphatic rings. The first-order valence-electron chi connectivity index (χ1n) is 13.0. The van der Waals surface area contributed by atoms with Crippen LogP contribution in [0.1, 0.15) is 0 Å². The third-order valence-corrected chi connectivity index (χ3v) is 6.27. The van der Waals surface area contributed by atoms with Crippen molar-refractivity contribution < 1.29 is 116 Å². The van der Waals surface area contributed by atoms with Gasteiger partial charge in [0, 0.05) is 77.0 Å². The topological polar surface area (TPSA) is 244 Å². The second-order valence-corrected chi connectivity index (χ2v) is 8.93. The Morgan fingerprint density at radius 1 is 0.510 bits per heavy atom. The van der Waals surface area contributed by atoms with Crippen molar-refractivity contribution in [2.24, 2.45) is 0 Å². The molecule has 0 amide bonds. The molecule has 0 unspecified atom stereocenters.